The zero-order valence-corrected chi connectivity index (χ0v) is 38.0. The van der Waals surface area contributed by atoms with Gasteiger partial charge in [-0.25, -0.2) is 0 Å². The van der Waals surface area contributed by atoms with Crippen molar-refractivity contribution in [2.45, 2.75) is 269 Å². The Labute approximate surface area is 361 Å². The third-order valence-corrected chi connectivity index (χ3v) is 11.7. The number of carbonyl (C=O) groups excluding carboxylic acids is 2. The molecule has 10 heteroatoms. The number of allylic oxidation sites excluding steroid dienone is 2. The summed E-state index contributed by atoms with van der Waals surface area (Å²) >= 11 is 0. The van der Waals surface area contributed by atoms with E-state index in [2.05, 4.69) is 26.0 Å². The first kappa shape index (κ1) is 55.5. The number of aliphatic hydroxyl groups excluding tert-OH is 4. The first-order chi connectivity index (χ1) is 28.8. The Balaban J connectivity index is 2.25. The Kier molecular flexibility index (Phi) is 38.1. The monoisotopic (exact) mass is 841 g/mol. The Hall–Kier alpha value is -1.56. The molecule has 4 N–H and O–H groups in total. The normalized spacial score (nSPS) is 20.0. The highest BCUT2D eigenvalue weighted by atomic mass is 16.7. The maximum atomic E-state index is 12.8. The van der Waals surface area contributed by atoms with E-state index in [1.807, 2.05) is 0 Å². The van der Waals surface area contributed by atoms with E-state index in [0.717, 1.165) is 57.8 Å². The molecule has 10 nitrogen and oxygen atoms in total. The highest BCUT2D eigenvalue weighted by Crippen LogP contribution is 2.23. The predicted octanol–water partition coefficient (Wildman–Crippen LogP) is 11.1. The number of carbonyl (C=O) groups is 2. The standard InChI is InChI=1S/C49H92O10/c1-3-5-7-9-11-13-15-17-18-19-20-21-22-23-24-26-28-30-32-34-36-38-45(52)58-42(41-57-49-48(55)47(54)46(53)43(39-50)59-49)40-56-44(51)37-35-33-31-29-27-25-16-14-12-10-8-6-4-2/h14,16,42-43,46-50,53-55H,3-13,15,17-41H2,1-2H3/b16-14+/t42-,43-,46+,47?,48?,49-/m1/s1. The minimum Gasteiger partial charge on any atom is -0.462 e. The molecule has 0 aromatic heterocycles. The number of hydrogen-bond donors (Lipinski definition) is 4. The van der Waals surface area contributed by atoms with Crippen molar-refractivity contribution in [3.63, 3.8) is 0 Å². The first-order valence-electron chi connectivity index (χ1n) is 24.8. The van der Waals surface area contributed by atoms with E-state index in [9.17, 15) is 30.0 Å². The summed E-state index contributed by atoms with van der Waals surface area (Å²) in [4.78, 5) is 25.4. The molecule has 59 heavy (non-hydrogen) atoms. The van der Waals surface area contributed by atoms with E-state index in [1.54, 1.807) is 0 Å². The molecule has 0 bridgehead atoms. The quantitative estimate of drug-likeness (QED) is 0.0265. The Morgan fingerprint density at radius 3 is 1.34 bits per heavy atom. The second-order valence-electron chi connectivity index (χ2n) is 17.3. The molecule has 0 aromatic rings. The molecule has 1 aliphatic heterocycles. The predicted molar refractivity (Wildman–Crippen MR) is 238 cm³/mol. The summed E-state index contributed by atoms with van der Waals surface area (Å²) in [7, 11) is 0. The van der Waals surface area contributed by atoms with Crippen LogP contribution in [0.25, 0.3) is 0 Å². The summed E-state index contributed by atoms with van der Waals surface area (Å²) in [6.45, 7) is 3.43. The fraction of sp³-hybridized carbons (Fsp3) is 0.918. The lowest BCUT2D eigenvalue weighted by Crippen LogP contribution is -2.59. The van der Waals surface area contributed by atoms with Crippen LogP contribution < -0.4 is 0 Å². The van der Waals surface area contributed by atoms with Gasteiger partial charge in [-0.15, -0.1) is 0 Å². The molecule has 2 unspecified atom stereocenters. The fourth-order valence-electron chi connectivity index (χ4n) is 7.71. The number of rotatable bonds is 42. The topological polar surface area (TPSA) is 152 Å². The van der Waals surface area contributed by atoms with Gasteiger partial charge in [-0.3, -0.25) is 9.59 Å². The molecule has 1 heterocycles. The van der Waals surface area contributed by atoms with Crippen molar-refractivity contribution < 1.29 is 49.0 Å². The Bertz CT molecular complexity index is 974. The smallest absolute Gasteiger partial charge is 0.306 e. The summed E-state index contributed by atoms with van der Waals surface area (Å²) in [6, 6.07) is 0. The Morgan fingerprint density at radius 2 is 0.898 bits per heavy atom. The maximum absolute atomic E-state index is 12.8. The van der Waals surface area contributed by atoms with Gasteiger partial charge in [0.1, 0.15) is 31.0 Å². The van der Waals surface area contributed by atoms with Gasteiger partial charge in [0, 0.05) is 12.8 Å². The van der Waals surface area contributed by atoms with E-state index >= 15 is 0 Å². The van der Waals surface area contributed by atoms with Crippen LogP contribution >= 0.6 is 0 Å². The highest BCUT2D eigenvalue weighted by Gasteiger charge is 2.44. The number of hydrogen-bond acceptors (Lipinski definition) is 10. The van der Waals surface area contributed by atoms with Gasteiger partial charge >= 0.3 is 11.9 Å². The largest absolute Gasteiger partial charge is 0.462 e. The van der Waals surface area contributed by atoms with Crippen molar-refractivity contribution in [3.05, 3.63) is 12.2 Å². The number of unbranched alkanes of at least 4 members (excludes halogenated alkanes) is 29. The van der Waals surface area contributed by atoms with Crippen molar-refractivity contribution in [2.24, 2.45) is 0 Å². The second-order valence-corrected chi connectivity index (χ2v) is 17.3. The molecule has 0 amide bonds. The van der Waals surface area contributed by atoms with Gasteiger partial charge in [-0.2, -0.15) is 0 Å². The first-order valence-corrected chi connectivity index (χ1v) is 24.8. The number of ether oxygens (including phenoxy) is 4. The van der Waals surface area contributed by atoms with Crippen LogP contribution in [0.2, 0.25) is 0 Å². The molecular formula is C49H92O10. The number of aliphatic hydroxyl groups is 4. The van der Waals surface area contributed by atoms with Gasteiger partial charge in [0.15, 0.2) is 12.4 Å². The molecule has 348 valence electrons. The van der Waals surface area contributed by atoms with Gasteiger partial charge < -0.3 is 39.4 Å². The second kappa shape index (κ2) is 40.5. The number of esters is 2. The van der Waals surface area contributed by atoms with Crippen LogP contribution in [0.5, 0.6) is 0 Å². The van der Waals surface area contributed by atoms with Gasteiger partial charge in [-0.1, -0.05) is 193 Å². The van der Waals surface area contributed by atoms with Crippen molar-refractivity contribution in [2.75, 3.05) is 19.8 Å². The average molecular weight is 841 g/mol. The van der Waals surface area contributed by atoms with Crippen molar-refractivity contribution in [1.82, 2.24) is 0 Å². The Morgan fingerprint density at radius 1 is 0.508 bits per heavy atom. The summed E-state index contributed by atoms with van der Waals surface area (Å²) < 4.78 is 22.2. The average Bonchev–Trinajstić information content (AvgIpc) is 3.23. The van der Waals surface area contributed by atoms with Gasteiger partial charge in [0.25, 0.3) is 0 Å². The van der Waals surface area contributed by atoms with E-state index in [4.69, 9.17) is 18.9 Å². The fourth-order valence-corrected chi connectivity index (χ4v) is 7.71. The molecule has 0 aliphatic carbocycles. The molecule has 6 atom stereocenters. The van der Waals surface area contributed by atoms with Gasteiger partial charge in [0.05, 0.1) is 13.2 Å². The molecule has 0 saturated carbocycles. The maximum Gasteiger partial charge on any atom is 0.306 e. The minimum atomic E-state index is -1.59. The molecule has 1 aliphatic rings. The van der Waals surface area contributed by atoms with Crippen LogP contribution in [0.3, 0.4) is 0 Å². The molecule has 1 fully saturated rings. The van der Waals surface area contributed by atoms with Crippen molar-refractivity contribution in [1.29, 1.82) is 0 Å². The van der Waals surface area contributed by atoms with Crippen molar-refractivity contribution in [3.8, 4) is 0 Å². The van der Waals surface area contributed by atoms with Gasteiger partial charge in [0.2, 0.25) is 0 Å². The molecular weight excluding hydrogens is 749 g/mol. The lowest BCUT2D eigenvalue weighted by Gasteiger charge is -2.39. The van der Waals surface area contributed by atoms with Crippen LogP contribution in [-0.4, -0.2) is 89.0 Å². The summed E-state index contributed by atoms with van der Waals surface area (Å²) in [5.74, 6) is -0.804. The third-order valence-electron chi connectivity index (χ3n) is 11.7. The SMILES string of the molecule is CCCCCC/C=C/CCCCCCCC(=O)OC[C@H](CO[C@@H]1O[C@H](CO)[C@H](O)C(O)C1O)OC(=O)CCCCCCCCCCCCCCCCCCCCCCC. The molecule has 0 aromatic carbocycles. The molecule has 1 rings (SSSR count). The van der Waals surface area contributed by atoms with E-state index in [1.165, 1.54) is 141 Å². The molecule has 1 saturated heterocycles. The summed E-state index contributed by atoms with van der Waals surface area (Å²) in [6.07, 6.45) is 36.5. The lowest BCUT2D eigenvalue weighted by molar-refractivity contribution is -0.305. The van der Waals surface area contributed by atoms with E-state index in [-0.39, 0.29) is 32.0 Å². The van der Waals surface area contributed by atoms with Crippen LogP contribution in [-0.2, 0) is 28.5 Å². The van der Waals surface area contributed by atoms with Crippen molar-refractivity contribution >= 4 is 11.9 Å². The van der Waals surface area contributed by atoms with Crippen LogP contribution in [0.4, 0.5) is 0 Å². The van der Waals surface area contributed by atoms with Crippen LogP contribution in [0.1, 0.15) is 232 Å². The molecule has 0 radical (unpaired) electrons. The highest BCUT2D eigenvalue weighted by molar-refractivity contribution is 5.70. The summed E-state index contributed by atoms with van der Waals surface area (Å²) in [5, 5.41) is 40.1. The molecule has 0 spiro atoms. The van der Waals surface area contributed by atoms with Crippen LogP contribution in [0, 0.1) is 0 Å². The zero-order chi connectivity index (χ0) is 43.0. The van der Waals surface area contributed by atoms with E-state index < -0.39 is 49.4 Å². The summed E-state index contributed by atoms with van der Waals surface area (Å²) in [5.41, 5.74) is 0. The van der Waals surface area contributed by atoms with Crippen LogP contribution in [0.15, 0.2) is 12.2 Å². The minimum absolute atomic E-state index is 0.216. The van der Waals surface area contributed by atoms with Gasteiger partial charge in [-0.05, 0) is 38.5 Å². The lowest BCUT2D eigenvalue weighted by atomic mass is 9.99. The van der Waals surface area contributed by atoms with E-state index in [0.29, 0.717) is 6.42 Å². The third kappa shape index (κ3) is 31.9. The zero-order valence-electron chi connectivity index (χ0n) is 38.0.